The second kappa shape index (κ2) is 9.59. The highest BCUT2D eigenvalue weighted by molar-refractivity contribution is 5.77. The van der Waals surface area contributed by atoms with Crippen molar-refractivity contribution in [3.63, 3.8) is 0 Å². The van der Waals surface area contributed by atoms with Crippen molar-refractivity contribution < 1.29 is 14.3 Å². The third kappa shape index (κ3) is 5.97. The van der Waals surface area contributed by atoms with E-state index in [-0.39, 0.29) is 12.5 Å². The van der Waals surface area contributed by atoms with Gasteiger partial charge in [-0.05, 0) is 48.0 Å². The Labute approximate surface area is 171 Å². The topological polar surface area (TPSA) is 54.9 Å². The molecule has 6 heteroatoms. The van der Waals surface area contributed by atoms with Gasteiger partial charge in [0.25, 0.3) is 5.91 Å². The van der Waals surface area contributed by atoms with Gasteiger partial charge in [0.2, 0.25) is 5.88 Å². The van der Waals surface area contributed by atoms with E-state index in [9.17, 15) is 4.79 Å². The Morgan fingerprint density at radius 1 is 0.897 bits per heavy atom. The Hall–Kier alpha value is -3.54. The van der Waals surface area contributed by atoms with Crippen LogP contribution in [0.15, 0.2) is 72.9 Å². The van der Waals surface area contributed by atoms with E-state index in [0.29, 0.717) is 23.9 Å². The van der Waals surface area contributed by atoms with E-state index in [1.54, 1.807) is 48.5 Å². The monoisotopic (exact) mass is 391 g/mol. The molecule has 6 nitrogen and oxygen atoms in total. The largest absolute Gasteiger partial charge is 0.484 e. The van der Waals surface area contributed by atoms with Crippen molar-refractivity contribution in [2.45, 2.75) is 6.54 Å². The van der Waals surface area contributed by atoms with Crippen molar-refractivity contribution in [1.29, 1.82) is 0 Å². The summed E-state index contributed by atoms with van der Waals surface area (Å²) < 4.78 is 11.3. The molecule has 0 spiro atoms. The number of anilines is 1. The molecule has 1 amide bonds. The average Bonchev–Trinajstić information content (AvgIpc) is 2.74. The van der Waals surface area contributed by atoms with Gasteiger partial charge in [-0.15, -0.1) is 0 Å². The van der Waals surface area contributed by atoms with E-state index in [1.807, 2.05) is 55.4 Å². The molecule has 0 fully saturated rings. The van der Waals surface area contributed by atoms with Gasteiger partial charge in [-0.25, -0.2) is 4.98 Å². The SMILES string of the molecule is CN(Cc1ccc(N(C)C)cc1)C(=O)COc1ccc(Oc2ccccn2)cc1. The van der Waals surface area contributed by atoms with Crippen LogP contribution >= 0.6 is 0 Å². The van der Waals surface area contributed by atoms with Crippen LogP contribution in [-0.2, 0) is 11.3 Å². The number of hydrogen-bond acceptors (Lipinski definition) is 5. The first kappa shape index (κ1) is 20.2. The van der Waals surface area contributed by atoms with Crippen LogP contribution in [0.2, 0.25) is 0 Å². The summed E-state index contributed by atoms with van der Waals surface area (Å²) in [5.74, 6) is 1.70. The summed E-state index contributed by atoms with van der Waals surface area (Å²) in [6, 6.07) is 20.7. The maximum absolute atomic E-state index is 12.4. The Balaban J connectivity index is 1.48. The molecule has 2 aromatic carbocycles. The Bertz CT molecular complexity index is 910. The zero-order chi connectivity index (χ0) is 20.6. The molecule has 0 saturated carbocycles. The maximum Gasteiger partial charge on any atom is 0.260 e. The highest BCUT2D eigenvalue weighted by atomic mass is 16.5. The number of nitrogens with zero attached hydrogens (tertiary/aromatic N) is 3. The zero-order valence-electron chi connectivity index (χ0n) is 16.9. The number of likely N-dealkylation sites (N-methyl/N-ethyl adjacent to an activating group) is 1. The van der Waals surface area contributed by atoms with Crippen LogP contribution in [0.1, 0.15) is 5.56 Å². The average molecular weight is 391 g/mol. The molecular weight excluding hydrogens is 366 g/mol. The quantitative estimate of drug-likeness (QED) is 0.581. The summed E-state index contributed by atoms with van der Waals surface area (Å²) in [5, 5.41) is 0. The molecule has 0 saturated heterocycles. The number of pyridine rings is 1. The molecule has 29 heavy (non-hydrogen) atoms. The molecule has 3 aromatic rings. The normalized spacial score (nSPS) is 10.3. The van der Waals surface area contributed by atoms with Crippen LogP contribution in [0, 0.1) is 0 Å². The molecule has 0 unspecified atom stereocenters. The number of benzene rings is 2. The van der Waals surface area contributed by atoms with Gasteiger partial charge in [-0.2, -0.15) is 0 Å². The predicted molar refractivity (Wildman–Crippen MR) is 113 cm³/mol. The standard InChI is InChI=1S/C23H25N3O3/c1-25(2)19-9-7-18(8-10-19)16-26(3)23(27)17-28-20-11-13-21(14-12-20)29-22-6-4-5-15-24-22/h4-15H,16-17H2,1-3H3. The van der Waals surface area contributed by atoms with Gasteiger partial charge in [-0.1, -0.05) is 18.2 Å². The third-order valence-corrected chi connectivity index (χ3v) is 4.34. The minimum atomic E-state index is -0.0875. The van der Waals surface area contributed by atoms with Gasteiger partial charge in [0.1, 0.15) is 11.5 Å². The first-order chi connectivity index (χ1) is 14.0. The van der Waals surface area contributed by atoms with Gasteiger partial charge in [0.15, 0.2) is 6.61 Å². The molecule has 0 aliphatic heterocycles. The fourth-order valence-electron chi connectivity index (χ4n) is 2.65. The molecule has 3 rings (SSSR count). The molecule has 1 heterocycles. The molecule has 0 aliphatic carbocycles. The lowest BCUT2D eigenvalue weighted by molar-refractivity contribution is -0.132. The van der Waals surface area contributed by atoms with Crippen LogP contribution in [0.25, 0.3) is 0 Å². The fraction of sp³-hybridized carbons (Fsp3) is 0.217. The summed E-state index contributed by atoms with van der Waals surface area (Å²) in [6.45, 7) is 0.513. The van der Waals surface area contributed by atoms with Gasteiger partial charge >= 0.3 is 0 Å². The summed E-state index contributed by atoms with van der Waals surface area (Å²) in [4.78, 5) is 20.2. The third-order valence-electron chi connectivity index (χ3n) is 4.34. The first-order valence-electron chi connectivity index (χ1n) is 9.33. The van der Waals surface area contributed by atoms with Crippen LogP contribution in [0.3, 0.4) is 0 Å². The van der Waals surface area contributed by atoms with Crippen molar-refractivity contribution >= 4 is 11.6 Å². The lowest BCUT2D eigenvalue weighted by Crippen LogP contribution is -2.30. The van der Waals surface area contributed by atoms with E-state index in [1.165, 1.54) is 0 Å². The number of carbonyl (C=O) groups excluding carboxylic acids is 1. The molecule has 0 aliphatic rings. The summed E-state index contributed by atoms with van der Waals surface area (Å²) >= 11 is 0. The number of rotatable bonds is 8. The number of amides is 1. The minimum absolute atomic E-state index is 0.0211. The molecule has 0 N–H and O–H groups in total. The Morgan fingerprint density at radius 3 is 2.21 bits per heavy atom. The van der Waals surface area contributed by atoms with E-state index in [0.717, 1.165) is 11.3 Å². The smallest absolute Gasteiger partial charge is 0.260 e. The number of ether oxygens (including phenoxy) is 2. The second-order valence-electron chi connectivity index (χ2n) is 6.84. The van der Waals surface area contributed by atoms with E-state index >= 15 is 0 Å². The maximum atomic E-state index is 12.4. The van der Waals surface area contributed by atoms with Gasteiger partial charge in [0, 0.05) is 45.6 Å². The van der Waals surface area contributed by atoms with E-state index in [2.05, 4.69) is 4.98 Å². The van der Waals surface area contributed by atoms with Gasteiger partial charge < -0.3 is 19.3 Å². The van der Waals surface area contributed by atoms with Crippen molar-refractivity contribution in [3.05, 3.63) is 78.5 Å². The molecular formula is C23H25N3O3. The number of aromatic nitrogens is 1. The van der Waals surface area contributed by atoms with Crippen molar-refractivity contribution in [2.75, 3.05) is 32.6 Å². The molecule has 150 valence electrons. The van der Waals surface area contributed by atoms with Crippen molar-refractivity contribution in [1.82, 2.24) is 9.88 Å². The second-order valence-corrected chi connectivity index (χ2v) is 6.84. The van der Waals surface area contributed by atoms with Crippen molar-refractivity contribution in [2.24, 2.45) is 0 Å². The van der Waals surface area contributed by atoms with Gasteiger partial charge in [-0.3, -0.25) is 4.79 Å². The van der Waals surface area contributed by atoms with Crippen molar-refractivity contribution in [3.8, 4) is 17.4 Å². The van der Waals surface area contributed by atoms with E-state index in [4.69, 9.17) is 9.47 Å². The van der Waals surface area contributed by atoms with E-state index < -0.39 is 0 Å². The summed E-state index contributed by atoms with van der Waals surface area (Å²) in [7, 11) is 5.77. The van der Waals surface area contributed by atoms with Crippen LogP contribution in [-0.4, -0.2) is 43.5 Å². The number of carbonyl (C=O) groups is 1. The molecule has 0 radical (unpaired) electrons. The summed E-state index contributed by atoms with van der Waals surface area (Å²) in [6.07, 6.45) is 1.67. The Kier molecular flexibility index (Phi) is 6.68. The van der Waals surface area contributed by atoms with Gasteiger partial charge in [0.05, 0.1) is 0 Å². The fourth-order valence-corrected chi connectivity index (χ4v) is 2.65. The van der Waals surface area contributed by atoms with Crippen LogP contribution in [0.5, 0.6) is 17.4 Å². The van der Waals surface area contributed by atoms with Crippen LogP contribution < -0.4 is 14.4 Å². The first-order valence-corrected chi connectivity index (χ1v) is 9.33. The lowest BCUT2D eigenvalue weighted by Gasteiger charge is -2.18. The van der Waals surface area contributed by atoms with Crippen LogP contribution in [0.4, 0.5) is 5.69 Å². The molecule has 0 bridgehead atoms. The minimum Gasteiger partial charge on any atom is -0.484 e. The lowest BCUT2D eigenvalue weighted by atomic mass is 10.2. The number of hydrogen-bond donors (Lipinski definition) is 0. The highest BCUT2D eigenvalue weighted by Gasteiger charge is 2.11. The molecule has 1 aromatic heterocycles. The predicted octanol–water partition coefficient (Wildman–Crippen LogP) is 3.98. The zero-order valence-corrected chi connectivity index (χ0v) is 16.9. The highest BCUT2D eigenvalue weighted by Crippen LogP contribution is 2.22. The molecule has 0 atom stereocenters. The summed E-state index contributed by atoms with van der Waals surface area (Å²) in [5.41, 5.74) is 2.20. The Morgan fingerprint density at radius 2 is 1.59 bits per heavy atom.